The summed E-state index contributed by atoms with van der Waals surface area (Å²) in [6.45, 7) is 5.54. The Labute approximate surface area is 209 Å². The first-order chi connectivity index (χ1) is 17.2. The highest BCUT2D eigenvalue weighted by molar-refractivity contribution is 6.14. The largest absolute Gasteiger partial charge is 0.351 e. The van der Waals surface area contributed by atoms with Crippen molar-refractivity contribution < 1.29 is 18.8 Å². The normalized spacial score (nSPS) is 20.0. The second kappa shape index (κ2) is 9.08. The minimum atomic E-state index is -1.19. The lowest BCUT2D eigenvalue weighted by atomic mass is 9.92. The van der Waals surface area contributed by atoms with E-state index in [2.05, 4.69) is 10.6 Å². The number of carbonyl (C=O) groups is 3. The van der Waals surface area contributed by atoms with Crippen LogP contribution in [0.3, 0.4) is 0 Å². The molecule has 8 heteroatoms. The summed E-state index contributed by atoms with van der Waals surface area (Å²) < 4.78 is 16.0. The predicted octanol–water partition coefficient (Wildman–Crippen LogP) is 4.52. The number of fused-ring (bicyclic) bond motifs is 3. The molecule has 3 amide bonds. The van der Waals surface area contributed by atoms with Crippen LogP contribution in [0.25, 0.3) is 10.9 Å². The number of aromatic nitrogens is 1. The van der Waals surface area contributed by atoms with Crippen molar-refractivity contribution in [1.82, 2.24) is 14.8 Å². The lowest BCUT2D eigenvalue weighted by molar-refractivity contribution is -0.133. The number of aryl methyl sites for hydroxylation is 1. The highest BCUT2D eigenvalue weighted by atomic mass is 19.1. The summed E-state index contributed by atoms with van der Waals surface area (Å²) in [7, 11) is 0. The van der Waals surface area contributed by atoms with Gasteiger partial charge in [0.1, 0.15) is 17.1 Å². The van der Waals surface area contributed by atoms with Crippen molar-refractivity contribution in [3.63, 3.8) is 0 Å². The Hall–Kier alpha value is -3.68. The molecular formula is C28H31FN4O3. The Morgan fingerprint density at radius 2 is 1.86 bits per heavy atom. The molecule has 36 heavy (non-hydrogen) atoms. The maximum Gasteiger partial charge on any atom is 0.273 e. The van der Waals surface area contributed by atoms with Gasteiger partial charge in [-0.3, -0.25) is 14.4 Å². The maximum atomic E-state index is 14.3. The summed E-state index contributed by atoms with van der Waals surface area (Å²) in [6, 6.07) is 12.1. The van der Waals surface area contributed by atoms with Gasteiger partial charge < -0.3 is 20.1 Å². The summed E-state index contributed by atoms with van der Waals surface area (Å²) in [5.41, 5.74) is 1.88. The van der Waals surface area contributed by atoms with E-state index in [1.165, 1.54) is 19.1 Å². The van der Waals surface area contributed by atoms with Crippen molar-refractivity contribution in [3.8, 4) is 0 Å². The van der Waals surface area contributed by atoms with Crippen LogP contribution >= 0.6 is 0 Å². The number of benzene rings is 2. The molecule has 7 nitrogen and oxygen atoms in total. The fourth-order valence-electron chi connectivity index (χ4n) is 5.57. The van der Waals surface area contributed by atoms with Gasteiger partial charge in [0, 0.05) is 24.9 Å². The van der Waals surface area contributed by atoms with Crippen molar-refractivity contribution in [1.29, 1.82) is 0 Å². The van der Waals surface area contributed by atoms with E-state index in [1.54, 1.807) is 22.5 Å². The third-order valence-corrected chi connectivity index (χ3v) is 7.61. The van der Waals surface area contributed by atoms with Crippen LogP contribution in [0.15, 0.2) is 42.5 Å². The molecule has 2 aliphatic rings. The fourth-order valence-corrected chi connectivity index (χ4v) is 5.57. The van der Waals surface area contributed by atoms with Crippen molar-refractivity contribution in [2.75, 3.05) is 5.32 Å². The van der Waals surface area contributed by atoms with Crippen LogP contribution in [-0.4, -0.2) is 38.8 Å². The molecule has 0 saturated heterocycles. The van der Waals surface area contributed by atoms with Crippen LogP contribution in [0.1, 0.15) is 61.1 Å². The van der Waals surface area contributed by atoms with Gasteiger partial charge in [-0.1, -0.05) is 37.1 Å². The zero-order valence-corrected chi connectivity index (χ0v) is 20.9. The fraction of sp³-hybridized carbons (Fsp3) is 0.393. The minimum Gasteiger partial charge on any atom is -0.351 e. The van der Waals surface area contributed by atoms with Crippen LogP contribution in [-0.2, 0) is 22.7 Å². The van der Waals surface area contributed by atoms with E-state index in [1.807, 2.05) is 31.2 Å². The standard InChI is InChI=1S/C28H31FN4O3/c1-17-8-4-5-9-19(17)15-33-26(35)25-24(30-18(2)34)22-14-20(29)12-13-23(22)32(25)16-28(33,3)27(36)31-21-10-6-7-11-21/h4-5,8-9,12-14,21H,6-7,10-11,15-16H2,1-3H3,(H,30,34)(H,31,36)/t28-/m1/s1. The molecule has 1 aromatic heterocycles. The third kappa shape index (κ3) is 4.04. The Kier molecular flexibility index (Phi) is 6.06. The minimum absolute atomic E-state index is 0.0941. The second-order valence-corrected chi connectivity index (χ2v) is 10.2. The summed E-state index contributed by atoms with van der Waals surface area (Å²) in [5, 5.41) is 6.38. The number of carbonyl (C=O) groups excluding carboxylic acids is 3. The molecule has 5 rings (SSSR count). The number of hydrogen-bond acceptors (Lipinski definition) is 3. The molecule has 0 spiro atoms. The molecule has 2 aromatic carbocycles. The number of halogens is 1. The molecule has 1 fully saturated rings. The molecule has 2 N–H and O–H groups in total. The van der Waals surface area contributed by atoms with E-state index in [0.717, 1.165) is 36.8 Å². The lowest BCUT2D eigenvalue weighted by Gasteiger charge is -2.45. The van der Waals surface area contributed by atoms with Gasteiger partial charge in [-0.15, -0.1) is 0 Å². The molecule has 1 atom stereocenters. The molecule has 1 aliphatic heterocycles. The predicted molar refractivity (Wildman–Crippen MR) is 136 cm³/mol. The number of nitrogens with one attached hydrogen (secondary N) is 2. The molecule has 1 saturated carbocycles. The average Bonchev–Trinajstić information content (AvgIpc) is 3.44. The van der Waals surface area contributed by atoms with Gasteiger partial charge in [-0.05, 0) is 56.0 Å². The van der Waals surface area contributed by atoms with Crippen LogP contribution < -0.4 is 10.6 Å². The summed E-state index contributed by atoms with van der Waals surface area (Å²) in [4.78, 5) is 41.8. The second-order valence-electron chi connectivity index (χ2n) is 10.2. The lowest BCUT2D eigenvalue weighted by Crippen LogP contribution is -2.64. The molecule has 2 heterocycles. The zero-order valence-electron chi connectivity index (χ0n) is 20.9. The number of anilines is 1. The smallest absolute Gasteiger partial charge is 0.273 e. The first-order valence-electron chi connectivity index (χ1n) is 12.5. The SMILES string of the molecule is CC(=O)Nc1c2n(c3ccc(F)cc13)C[C@](C)(C(=O)NC1CCCC1)N(Cc1ccccc1C)C2=O. The number of hydrogen-bond donors (Lipinski definition) is 2. The molecule has 0 unspecified atom stereocenters. The van der Waals surface area contributed by atoms with E-state index in [9.17, 15) is 18.8 Å². The van der Waals surface area contributed by atoms with Gasteiger partial charge in [-0.25, -0.2) is 4.39 Å². The maximum absolute atomic E-state index is 14.3. The molecule has 188 valence electrons. The number of rotatable bonds is 5. The highest BCUT2D eigenvalue weighted by Gasteiger charge is 2.49. The van der Waals surface area contributed by atoms with Gasteiger partial charge in [0.25, 0.3) is 5.91 Å². The Bertz CT molecular complexity index is 1370. The van der Waals surface area contributed by atoms with Crippen molar-refractivity contribution >= 4 is 34.3 Å². The third-order valence-electron chi connectivity index (χ3n) is 7.61. The topological polar surface area (TPSA) is 83.4 Å². The van der Waals surface area contributed by atoms with Gasteiger partial charge in [-0.2, -0.15) is 0 Å². The Morgan fingerprint density at radius 1 is 1.14 bits per heavy atom. The molecule has 3 aromatic rings. The molecule has 0 radical (unpaired) electrons. The van der Waals surface area contributed by atoms with Gasteiger partial charge in [0.05, 0.1) is 17.7 Å². The highest BCUT2D eigenvalue weighted by Crippen LogP contribution is 2.40. The van der Waals surface area contributed by atoms with Gasteiger partial charge in [0.15, 0.2) is 0 Å². The van der Waals surface area contributed by atoms with E-state index in [-0.39, 0.29) is 48.2 Å². The quantitative estimate of drug-likeness (QED) is 0.552. The van der Waals surface area contributed by atoms with Crippen LogP contribution in [0.5, 0.6) is 0 Å². The van der Waals surface area contributed by atoms with Crippen molar-refractivity contribution in [2.45, 2.75) is 71.1 Å². The number of nitrogens with zero attached hydrogens (tertiary/aromatic N) is 2. The van der Waals surface area contributed by atoms with Crippen molar-refractivity contribution in [2.24, 2.45) is 0 Å². The van der Waals surface area contributed by atoms with Crippen LogP contribution in [0.4, 0.5) is 10.1 Å². The summed E-state index contributed by atoms with van der Waals surface area (Å²) >= 11 is 0. The first-order valence-corrected chi connectivity index (χ1v) is 12.5. The number of amides is 3. The summed E-state index contributed by atoms with van der Waals surface area (Å²) in [6.07, 6.45) is 4.01. The van der Waals surface area contributed by atoms with E-state index < -0.39 is 11.4 Å². The summed E-state index contributed by atoms with van der Waals surface area (Å²) in [5.74, 6) is -1.41. The van der Waals surface area contributed by atoms with Gasteiger partial charge in [0.2, 0.25) is 11.8 Å². The Balaban J connectivity index is 1.67. The van der Waals surface area contributed by atoms with E-state index >= 15 is 0 Å². The van der Waals surface area contributed by atoms with E-state index in [0.29, 0.717) is 10.9 Å². The molecular weight excluding hydrogens is 459 g/mol. The van der Waals surface area contributed by atoms with Crippen molar-refractivity contribution in [3.05, 3.63) is 65.1 Å². The Morgan fingerprint density at radius 3 is 2.56 bits per heavy atom. The van der Waals surface area contributed by atoms with Crippen LogP contribution in [0, 0.1) is 12.7 Å². The zero-order chi connectivity index (χ0) is 25.6. The van der Waals surface area contributed by atoms with E-state index in [4.69, 9.17) is 0 Å². The monoisotopic (exact) mass is 490 g/mol. The van der Waals surface area contributed by atoms with Gasteiger partial charge >= 0.3 is 0 Å². The first kappa shape index (κ1) is 24.0. The molecule has 0 bridgehead atoms. The molecule has 1 aliphatic carbocycles. The van der Waals surface area contributed by atoms with Crippen LogP contribution in [0.2, 0.25) is 0 Å². The average molecular weight is 491 g/mol.